The number of likely N-dealkylation sites (N-methyl/N-ethyl adjacent to an activating group) is 1. The fraction of sp³-hybridized carbons (Fsp3) is 0.240. The number of benzene rings is 2. The molecular weight excluding hydrogens is 404 g/mol. The molecule has 2 amide bonds. The molecule has 7 heteroatoms. The first kappa shape index (κ1) is 22.8. The van der Waals surface area contributed by atoms with E-state index in [1.54, 1.807) is 23.1 Å². The van der Waals surface area contributed by atoms with E-state index in [1.807, 2.05) is 80.2 Å². The summed E-state index contributed by atoms with van der Waals surface area (Å²) in [7, 11) is 0. The Morgan fingerprint density at radius 2 is 1.62 bits per heavy atom. The van der Waals surface area contributed by atoms with Gasteiger partial charge in [0.1, 0.15) is 5.75 Å². The van der Waals surface area contributed by atoms with Gasteiger partial charge >= 0.3 is 0 Å². The number of rotatable bonds is 9. The Balaban J connectivity index is 1.62. The van der Waals surface area contributed by atoms with Crippen LogP contribution in [0.1, 0.15) is 36.7 Å². The van der Waals surface area contributed by atoms with Crippen molar-refractivity contribution in [2.45, 2.75) is 20.8 Å². The van der Waals surface area contributed by atoms with Crippen molar-refractivity contribution in [3.05, 3.63) is 84.2 Å². The van der Waals surface area contributed by atoms with Gasteiger partial charge in [-0.1, -0.05) is 12.1 Å². The number of hydrazone groups is 1. The van der Waals surface area contributed by atoms with Crippen molar-refractivity contribution in [3.63, 3.8) is 0 Å². The van der Waals surface area contributed by atoms with Gasteiger partial charge in [-0.3, -0.25) is 9.59 Å². The van der Waals surface area contributed by atoms with Crippen LogP contribution < -0.4 is 10.2 Å². The summed E-state index contributed by atoms with van der Waals surface area (Å²) in [5.74, 6) is 0.273. The van der Waals surface area contributed by atoms with E-state index in [0.29, 0.717) is 30.1 Å². The lowest BCUT2D eigenvalue weighted by molar-refractivity contribution is -0.132. The Labute approximate surface area is 188 Å². The quantitative estimate of drug-likeness (QED) is 0.412. The highest BCUT2D eigenvalue weighted by Crippen LogP contribution is 2.15. The zero-order chi connectivity index (χ0) is 22.9. The molecule has 3 rings (SSSR count). The smallest absolute Gasteiger partial charge is 0.273 e. The highest BCUT2D eigenvalue weighted by Gasteiger charge is 2.12. The minimum absolute atomic E-state index is 0.00492. The van der Waals surface area contributed by atoms with Crippen LogP contribution in [0.15, 0.2) is 78.2 Å². The standard InChI is InChI=1S/C25H28N4O3/c1-4-28(5-2)24(30)18-32-21-14-12-20(13-15-21)19(3)26-27-25(31)22-10-6-7-11-23(22)29-16-8-9-17-29/h6-17H,4-5,18H2,1-3H3,(H,27,31)/b26-19+. The maximum Gasteiger partial charge on any atom is 0.273 e. The van der Waals surface area contributed by atoms with Crippen molar-refractivity contribution in [1.82, 2.24) is 14.9 Å². The lowest BCUT2D eigenvalue weighted by atomic mass is 10.1. The van der Waals surface area contributed by atoms with Crippen molar-refractivity contribution < 1.29 is 14.3 Å². The van der Waals surface area contributed by atoms with E-state index >= 15 is 0 Å². The first-order chi connectivity index (χ1) is 15.5. The fourth-order valence-electron chi connectivity index (χ4n) is 3.25. The molecule has 1 aromatic heterocycles. The molecule has 0 saturated carbocycles. The van der Waals surface area contributed by atoms with E-state index < -0.39 is 0 Å². The molecule has 1 N–H and O–H groups in total. The van der Waals surface area contributed by atoms with E-state index in [1.165, 1.54) is 0 Å². The van der Waals surface area contributed by atoms with E-state index in [4.69, 9.17) is 4.74 Å². The molecule has 166 valence electrons. The third-order valence-electron chi connectivity index (χ3n) is 5.11. The van der Waals surface area contributed by atoms with Crippen LogP contribution in [0.4, 0.5) is 0 Å². The molecule has 7 nitrogen and oxygen atoms in total. The Morgan fingerprint density at radius 3 is 2.28 bits per heavy atom. The van der Waals surface area contributed by atoms with E-state index in [0.717, 1.165) is 11.3 Å². The number of nitrogens with one attached hydrogen (secondary N) is 1. The summed E-state index contributed by atoms with van der Waals surface area (Å²) < 4.78 is 7.47. The SMILES string of the molecule is CCN(CC)C(=O)COc1ccc(/C(C)=N/NC(=O)c2ccccc2-n2cccc2)cc1. The van der Waals surface area contributed by atoms with E-state index in [-0.39, 0.29) is 18.4 Å². The van der Waals surface area contributed by atoms with Crippen LogP contribution in [-0.2, 0) is 4.79 Å². The van der Waals surface area contributed by atoms with Gasteiger partial charge in [0, 0.05) is 25.5 Å². The van der Waals surface area contributed by atoms with Gasteiger partial charge in [-0.2, -0.15) is 5.10 Å². The van der Waals surface area contributed by atoms with Gasteiger partial charge in [0.15, 0.2) is 6.61 Å². The van der Waals surface area contributed by atoms with Crippen LogP contribution in [0.25, 0.3) is 5.69 Å². The lowest BCUT2D eigenvalue weighted by Gasteiger charge is -2.18. The van der Waals surface area contributed by atoms with Gasteiger partial charge < -0.3 is 14.2 Å². The predicted octanol–water partition coefficient (Wildman–Crippen LogP) is 3.88. The maximum atomic E-state index is 12.7. The van der Waals surface area contributed by atoms with Crippen LogP contribution in [0, 0.1) is 0 Å². The van der Waals surface area contributed by atoms with Crippen molar-refractivity contribution in [2.24, 2.45) is 5.10 Å². The van der Waals surface area contributed by atoms with Crippen LogP contribution in [0.2, 0.25) is 0 Å². The molecule has 0 bridgehead atoms. The highest BCUT2D eigenvalue weighted by atomic mass is 16.5. The maximum absolute atomic E-state index is 12.7. The van der Waals surface area contributed by atoms with Gasteiger partial charge in [0.25, 0.3) is 11.8 Å². The molecule has 32 heavy (non-hydrogen) atoms. The minimum Gasteiger partial charge on any atom is -0.484 e. The number of carbonyl (C=O) groups is 2. The van der Waals surface area contributed by atoms with Gasteiger partial charge in [0.2, 0.25) is 0 Å². The second kappa shape index (κ2) is 10.9. The lowest BCUT2D eigenvalue weighted by Crippen LogP contribution is -2.34. The summed E-state index contributed by atoms with van der Waals surface area (Å²) in [6, 6.07) is 18.4. The van der Waals surface area contributed by atoms with Gasteiger partial charge in [-0.15, -0.1) is 0 Å². The average molecular weight is 433 g/mol. The Morgan fingerprint density at radius 1 is 0.969 bits per heavy atom. The normalized spacial score (nSPS) is 11.2. The second-order valence-electron chi connectivity index (χ2n) is 7.12. The highest BCUT2D eigenvalue weighted by molar-refractivity contribution is 6.02. The first-order valence-electron chi connectivity index (χ1n) is 10.6. The number of hydrogen-bond acceptors (Lipinski definition) is 4. The van der Waals surface area contributed by atoms with Gasteiger partial charge in [-0.05, 0) is 74.9 Å². The molecule has 0 aliphatic rings. The molecule has 0 spiro atoms. The number of aromatic nitrogens is 1. The van der Waals surface area contributed by atoms with Crippen LogP contribution in [0.3, 0.4) is 0 Å². The molecule has 0 saturated heterocycles. The van der Waals surface area contributed by atoms with Crippen LogP contribution in [-0.4, -0.2) is 46.7 Å². The summed E-state index contributed by atoms with van der Waals surface area (Å²) in [6.45, 7) is 7.03. The zero-order valence-electron chi connectivity index (χ0n) is 18.6. The number of ether oxygens (including phenoxy) is 1. The third-order valence-corrected chi connectivity index (χ3v) is 5.11. The Hall–Kier alpha value is -3.87. The summed E-state index contributed by atoms with van der Waals surface area (Å²) in [5.41, 5.74) is 5.44. The molecule has 3 aromatic rings. The molecule has 1 heterocycles. The zero-order valence-corrected chi connectivity index (χ0v) is 18.6. The molecular formula is C25H28N4O3. The largest absolute Gasteiger partial charge is 0.484 e. The van der Waals surface area contributed by atoms with Crippen molar-refractivity contribution in [3.8, 4) is 11.4 Å². The number of amides is 2. The third kappa shape index (κ3) is 5.63. The predicted molar refractivity (Wildman–Crippen MR) is 125 cm³/mol. The molecule has 0 radical (unpaired) electrons. The molecule has 2 aromatic carbocycles. The Kier molecular flexibility index (Phi) is 7.80. The number of hydrogen-bond donors (Lipinski definition) is 1. The average Bonchev–Trinajstić information content (AvgIpc) is 3.37. The number of para-hydroxylation sites is 1. The second-order valence-corrected chi connectivity index (χ2v) is 7.12. The van der Waals surface area contributed by atoms with Crippen molar-refractivity contribution in [2.75, 3.05) is 19.7 Å². The first-order valence-corrected chi connectivity index (χ1v) is 10.6. The number of carbonyl (C=O) groups excluding carboxylic acids is 2. The molecule has 0 atom stereocenters. The Bertz CT molecular complexity index is 1070. The van der Waals surface area contributed by atoms with Crippen LogP contribution in [0.5, 0.6) is 5.75 Å². The molecule has 0 unspecified atom stereocenters. The molecule has 0 aliphatic carbocycles. The summed E-state index contributed by atoms with van der Waals surface area (Å²) in [4.78, 5) is 26.5. The summed E-state index contributed by atoms with van der Waals surface area (Å²) in [5, 5.41) is 4.25. The summed E-state index contributed by atoms with van der Waals surface area (Å²) in [6.07, 6.45) is 3.78. The monoisotopic (exact) mass is 432 g/mol. The minimum atomic E-state index is -0.288. The van der Waals surface area contributed by atoms with E-state index in [9.17, 15) is 9.59 Å². The number of nitrogens with zero attached hydrogens (tertiary/aromatic N) is 3. The topological polar surface area (TPSA) is 75.9 Å². The van der Waals surface area contributed by atoms with Gasteiger partial charge in [-0.25, -0.2) is 5.43 Å². The van der Waals surface area contributed by atoms with Crippen molar-refractivity contribution in [1.29, 1.82) is 0 Å². The summed E-state index contributed by atoms with van der Waals surface area (Å²) >= 11 is 0. The molecule has 0 aliphatic heterocycles. The van der Waals surface area contributed by atoms with Crippen LogP contribution >= 0.6 is 0 Å². The van der Waals surface area contributed by atoms with Crippen molar-refractivity contribution >= 4 is 17.5 Å². The fourth-order valence-corrected chi connectivity index (χ4v) is 3.25. The van der Waals surface area contributed by atoms with E-state index in [2.05, 4.69) is 10.5 Å². The molecule has 0 fully saturated rings. The van der Waals surface area contributed by atoms with Gasteiger partial charge in [0.05, 0.1) is 17.0 Å².